The lowest BCUT2D eigenvalue weighted by Crippen LogP contribution is -2.42. The van der Waals surface area contributed by atoms with Crippen LogP contribution >= 0.6 is 0 Å². The molecule has 0 radical (unpaired) electrons. The number of hydrogen-bond donors (Lipinski definition) is 0. The summed E-state index contributed by atoms with van der Waals surface area (Å²) in [6, 6.07) is 0. The second-order valence-corrected chi connectivity index (χ2v) is 7.90. The zero-order valence-electron chi connectivity index (χ0n) is 15.5. The van der Waals surface area contributed by atoms with Gasteiger partial charge in [-0.15, -0.1) is 0 Å². The van der Waals surface area contributed by atoms with Gasteiger partial charge in [-0.2, -0.15) is 0 Å². The van der Waals surface area contributed by atoms with Crippen LogP contribution in [0.25, 0.3) is 0 Å². The molecule has 2 aliphatic carbocycles. The van der Waals surface area contributed by atoms with Crippen molar-refractivity contribution >= 4 is 12.3 Å². The van der Waals surface area contributed by atoms with Crippen LogP contribution in [0.3, 0.4) is 0 Å². The normalized spacial score (nSPS) is 33.0. The lowest BCUT2D eigenvalue weighted by molar-refractivity contribution is -0.164. The van der Waals surface area contributed by atoms with Crippen LogP contribution in [0, 0.1) is 29.1 Å². The lowest BCUT2D eigenvalue weighted by atomic mass is 9.66. The van der Waals surface area contributed by atoms with E-state index in [1.807, 2.05) is 26.8 Å². The molecule has 0 heterocycles. The average Bonchev–Trinajstić information content (AvgIpc) is 2.54. The van der Waals surface area contributed by atoms with E-state index in [4.69, 9.17) is 4.74 Å². The third-order valence-electron chi connectivity index (χ3n) is 5.59. The summed E-state index contributed by atoms with van der Waals surface area (Å²) in [5.41, 5.74) is 0.772. The molecule has 0 N–H and O–H groups in total. The largest absolute Gasteiger partial charge is 0.461 e. The van der Waals surface area contributed by atoms with Crippen molar-refractivity contribution in [2.75, 3.05) is 0 Å². The first kappa shape index (κ1) is 18.7. The maximum absolute atomic E-state index is 12.6. The Morgan fingerprint density at radius 2 is 2.08 bits per heavy atom. The molecule has 0 spiro atoms. The smallest absolute Gasteiger partial charge is 0.311 e. The number of rotatable bonds is 5. The van der Waals surface area contributed by atoms with E-state index >= 15 is 0 Å². The standard InChI is InChI=1S/C21H30O3/c1-6-21(4,5)20(23)24-18-13-14(2)12-16-10-9-15(3)17(19(16)18)8-7-11-22/h7-12,14-15,17-19H,6,13H2,1-5H3/b8-7+. The average molecular weight is 330 g/mol. The fraction of sp³-hybridized carbons (Fsp3) is 0.619. The molecular formula is C21H30O3. The minimum Gasteiger partial charge on any atom is -0.461 e. The van der Waals surface area contributed by atoms with Crippen molar-refractivity contribution in [3.05, 3.63) is 36.0 Å². The zero-order valence-corrected chi connectivity index (χ0v) is 15.5. The molecule has 0 bridgehead atoms. The van der Waals surface area contributed by atoms with E-state index in [1.54, 1.807) is 6.08 Å². The Kier molecular flexibility index (Phi) is 5.84. The van der Waals surface area contributed by atoms with Crippen molar-refractivity contribution in [3.63, 3.8) is 0 Å². The van der Waals surface area contributed by atoms with Gasteiger partial charge < -0.3 is 4.74 Å². The highest BCUT2D eigenvalue weighted by Crippen LogP contribution is 2.44. The van der Waals surface area contributed by atoms with Crippen LogP contribution in [0.4, 0.5) is 0 Å². The van der Waals surface area contributed by atoms with Crippen molar-refractivity contribution in [1.29, 1.82) is 0 Å². The molecule has 2 rings (SSSR count). The summed E-state index contributed by atoms with van der Waals surface area (Å²) in [5.74, 6) is 0.893. The molecule has 0 aromatic heterocycles. The molecule has 0 aromatic carbocycles. The minimum absolute atomic E-state index is 0.122. The summed E-state index contributed by atoms with van der Waals surface area (Å²) in [6.07, 6.45) is 12.5. The van der Waals surface area contributed by atoms with Gasteiger partial charge in [0.15, 0.2) is 0 Å². The SMILES string of the molecule is CCC(C)(C)C(=O)OC1CC(C)C=C2C=CC(C)C(/C=C/C=O)C21. The van der Waals surface area contributed by atoms with Gasteiger partial charge in [0.25, 0.3) is 0 Å². The van der Waals surface area contributed by atoms with Crippen LogP contribution in [-0.4, -0.2) is 18.4 Å². The van der Waals surface area contributed by atoms with Gasteiger partial charge in [-0.1, -0.05) is 45.1 Å². The number of hydrogen-bond acceptors (Lipinski definition) is 3. The third-order valence-corrected chi connectivity index (χ3v) is 5.59. The van der Waals surface area contributed by atoms with Crippen LogP contribution in [0.15, 0.2) is 36.0 Å². The number of allylic oxidation sites excluding steroid dienone is 5. The molecule has 24 heavy (non-hydrogen) atoms. The molecule has 0 aliphatic heterocycles. The summed E-state index contributed by atoms with van der Waals surface area (Å²) in [5, 5.41) is 0. The van der Waals surface area contributed by atoms with Gasteiger partial charge in [0.1, 0.15) is 12.4 Å². The van der Waals surface area contributed by atoms with Crippen molar-refractivity contribution < 1.29 is 14.3 Å². The van der Waals surface area contributed by atoms with Gasteiger partial charge in [-0.25, -0.2) is 0 Å². The molecule has 3 nitrogen and oxygen atoms in total. The Labute approximate surface area is 145 Å². The summed E-state index contributed by atoms with van der Waals surface area (Å²) >= 11 is 0. The molecule has 5 unspecified atom stereocenters. The van der Waals surface area contributed by atoms with Crippen molar-refractivity contribution in [3.8, 4) is 0 Å². The maximum Gasteiger partial charge on any atom is 0.311 e. The summed E-state index contributed by atoms with van der Waals surface area (Å²) in [7, 11) is 0. The molecule has 0 saturated carbocycles. The van der Waals surface area contributed by atoms with Gasteiger partial charge in [0.2, 0.25) is 0 Å². The fourth-order valence-electron chi connectivity index (χ4n) is 3.62. The van der Waals surface area contributed by atoms with Crippen molar-refractivity contribution in [2.24, 2.45) is 29.1 Å². The molecule has 0 aromatic rings. The first-order chi connectivity index (χ1) is 11.3. The quantitative estimate of drug-likeness (QED) is 0.424. The highest BCUT2D eigenvalue weighted by atomic mass is 16.5. The van der Waals surface area contributed by atoms with E-state index in [0.717, 1.165) is 19.1 Å². The predicted octanol–water partition coefficient (Wildman–Crippen LogP) is 4.49. The van der Waals surface area contributed by atoms with Gasteiger partial charge in [0, 0.05) is 5.92 Å². The molecule has 0 saturated heterocycles. The van der Waals surface area contributed by atoms with Gasteiger partial charge in [-0.3, -0.25) is 9.59 Å². The van der Waals surface area contributed by atoms with Crippen LogP contribution in [0.2, 0.25) is 0 Å². The fourth-order valence-corrected chi connectivity index (χ4v) is 3.62. The monoisotopic (exact) mass is 330 g/mol. The summed E-state index contributed by atoms with van der Waals surface area (Å²) in [6.45, 7) is 10.2. The molecule has 5 atom stereocenters. The predicted molar refractivity (Wildman–Crippen MR) is 96.3 cm³/mol. The minimum atomic E-state index is -0.463. The Balaban J connectivity index is 2.32. The molecule has 3 heteroatoms. The number of carbonyl (C=O) groups excluding carboxylic acids is 2. The number of aldehydes is 1. The van der Waals surface area contributed by atoms with E-state index in [2.05, 4.69) is 32.1 Å². The Morgan fingerprint density at radius 3 is 2.71 bits per heavy atom. The second-order valence-electron chi connectivity index (χ2n) is 7.90. The zero-order chi connectivity index (χ0) is 17.9. The number of carbonyl (C=O) groups is 2. The van der Waals surface area contributed by atoms with E-state index in [-0.39, 0.29) is 23.9 Å². The molecule has 0 fully saturated rings. The second kappa shape index (κ2) is 7.50. The first-order valence-corrected chi connectivity index (χ1v) is 9.03. The number of ether oxygens (including phenoxy) is 1. The van der Waals surface area contributed by atoms with E-state index in [9.17, 15) is 9.59 Å². The van der Waals surface area contributed by atoms with Crippen LogP contribution in [0.1, 0.15) is 47.5 Å². The van der Waals surface area contributed by atoms with E-state index < -0.39 is 5.41 Å². The van der Waals surface area contributed by atoms with Gasteiger partial charge in [-0.05, 0) is 56.1 Å². The van der Waals surface area contributed by atoms with E-state index in [0.29, 0.717) is 11.8 Å². The third kappa shape index (κ3) is 3.88. The van der Waals surface area contributed by atoms with Crippen LogP contribution < -0.4 is 0 Å². The topological polar surface area (TPSA) is 43.4 Å². The van der Waals surface area contributed by atoms with Crippen LogP contribution in [0.5, 0.6) is 0 Å². The number of esters is 1. The van der Waals surface area contributed by atoms with Crippen molar-refractivity contribution in [2.45, 2.75) is 53.6 Å². The van der Waals surface area contributed by atoms with Crippen molar-refractivity contribution in [1.82, 2.24) is 0 Å². The van der Waals surface area contributed by atoms with Gasteiger partial charge >= 0.3 is 5.97 Å². The highest BCUT2D eigenvalue weighted by Gasteiger charge is 2.41. The molecule has 132 valence electrons. The maximum atomic E-state index is 12.6. The van der Waals surface area contributed by atoms with Gasteiger partial charge in [0.05, 0.1) is 5.41 Å². The summed E-state index contributed by atoms with van der Waals surface area (Å²) in [4.78, 5) is 23.4. The molecule has 0 amide bonds. The van der Waals surface area contributed by atoms with Crippen LogP contribution in [-0.2, 0) is 14.3 Å². The molecular weight excluding hydrogens is 300 g/mol. The lowest BCUT2D eigenvalue weighted by Gasteiger charge is -2.42. The first-order valence-electron chi connectivity index (χ1n) is 9.03. The Hall–Kier alpha value is -1.64. The molecule has 2 aliphatic rings. The van der Waals surface area contributed by atoms with E-state index in [1.165, 1.54) is 5.57 Å². The highest BCUT2D eigenvalue weighted by molar-refractivity contribution is 5.76. The Morgan fingerprint density at radius 1 is 1.38 bits per heavy atom. The number of fused-ring (bicyclic) bond motifs is 1. The Bertz CT molecular complexity index is 568. The summed E-state index contributed by atoms with van der Waals surface area (Å²) < 4.78 is 6.01.